The van der Waals surface area contributed by atoms with E-state index in [1.54, 1.807) is 0 Å². The van der Waals surface area contributed by atoms with Crippen molar-refractivity contribution in [2.45, 2.75) is 25.4 Å². The van der Waals surface area contributed by atoms with Crippen molar-refractivity contribution in [1.82, 2.24) is 0 Å². The van der Waals surface area contributed by atoms with Gasteiger partial charge in [0.15, 0.2) is 0 Å². The summed E-state index contributed by atoms with van der Waals surface area (Å²) in [6, 6.07) is 25.6. The van der Waals surface area contributed by atoms with Gasteiger partial charge in [0.05, 0.1) is 6.04 Å². The number of carbonyl (C=O) groups is 1. The van der Waals surface area contributed by atoms with Crippen molar-refractivity contribution in [1.29, 1.82) is 0 Å². The van der Waals surface area contributed by atoms with Gasteiger partial charge in [-0.3, -0.25) is 4.79 Å². The molecule has 0 fully saturated rings. The highest BCUT2D eigenvalue weighted by atomic mass is 35.5. The molecule has 27 heavy (non-hydrogen) atoms. The first kappa shape index (κ1) is 17.6. The second kappa shape index (κ2) is 7.45. The quantitative estimate of drug-likeness (QED) is 0.614. The molecule has 0 aromatic heterocycles. The van der Waals surface area contributed by atoms with E-state index < -0.39 is 0 Å². The molecule has 0 spiro atoms. The highest BCUT2D eigenvalue weighted by Gasteiger charge is 2.33. The van der Waals surface area contributed by atoms with Gasteiger partial charge in [-0.2, -0.15) is 0 Å². The summed E-state index contributed by atoms with van der Waals surface area (Å²) in [7, 11) is 0. The smallest absolute Gasteiger partial charge is 0.258 e. The average molecular weight is 377 g/mol. The third-order valence-electron chi connectivity index (χ3n) is 5.01. The zero-order chi connectivity index (χ0) is 18.8. The van der Waals surface area contributed by atoms with Crippen molar-refractivity contribution in [3.05, 3.63) is 95.0 Å². The Morgan fingerprint density at radius 1 is 0.963 bits per heavy atom. The van der Waals surface area contributed by atoms with Crippen molar-refractivity contribution < 1.29 is 4.79 Å². The second-order valence-corrected chi connectivity index (χ2v) is 7.32. The minimum absolute atomic E-state index is 0.0421. The number of hydrogen-bond donors (Lipinski definition) is 1. The van der Waals surface area contributed by atoms with Crippen LogP contribution in [0.15, 0.2) is 78.9 Å². The Morgan fingerprint density at radius 2 is 1.63 bits per heavy atom. The molecule has 4 heteroatoms. The van der Waals surface area contributed by atoms with Crippen LogP contribution in [0, 0.1) is 0 Å². The summed E-state index contributed by atoms with van der Waals surface area (Å²) in [5.74, 6) is 0.0421. The first-order valence-electron chi connectivity index (χ1n) is 9.13. The fourth-order valence-electron chi connectivity index (χ4n) is 3.73. The number of anilines is 2. The molecule has 1 aliphatic rings. The number of hydrogen-bond acceptors (Lipinski definition) is 2. The monoisotopic (exact) mass is 376 g/mol. The van der Waals surface area contributed by atoms with Gasteiger partial charge < -0.3 is 10.2 Å². The molecular weight excluding hydrogens is 356 g/mol. The van der Waals surface area contributed by atoms with Gasteiger partial charge in [0.2, 0.25) is 0 Å². The van der Waals surface area contributed by atoms with E-state index >= 15 is 0 Å². The summed E-state index contributed by atoms with van der Waals surface area (Å²) >= 11 is 6.00. The lowest BCUT2D eigenvalue weighted by atomic mass is 9.90. The Balaban J connectivity index is 1.68. The van der Waals surface area contributed by atoms with E-state index in [0.29, 0.717) is 5.56 Å². The molecule has 3 nitrogen and oxygen atoms in total. The number of carbonyl (C=O) groups excluding carboxylic acids is 1. The summed E-state index contributed by atoms with van der Waals surface area (Å²) in [6.45, 7) is 2.10. The van der Waals surface area contributed by atoms with Crippen LogP contribution in [0.1, 0.15) is 35.3 Å². The molecule has 1 N–H and O–H groups in total. The average Bonchev–Trinajstić information content (AvgIpc) is 2.70. The minimum Gasteiger partial charge on any atom is -0.378 e. The molecule has 1 amide bonds. The lowest BCUT2D eigenvalue weighted by Gasteiger charge is -2.40. The topological polar surface area (TPSA) is 32.3 Å². The first-order valence-corrected chi connectivity index (χ1v) is 9.51. The number of halogens is 1. The van der Waals surface area contributed by atoms with Crippen molar-refractivity contribution in [3.8, 4) is 0 Å². The predicted molar refractivity (Wildman–Crippen MR) is 112 cm³/mol. The molecule has 3 aromatic carbocycles. The third-order valence-corrected chi connectivity index (χ3v) is 5.27. The van der Waals surface area contributed by atoms with E-state index in [1.165, 1.54) is 0 Å². The van der Waals surface area contributed by atoms with Crippen LogP contribution in [0.25, 0.3) is 0 Å². The van der Waals surface area contributed by atoms with Crippen LogP contribution in [0.4, 0.5) is 11.4 Å². The number of amides is 1. The summed E-state index contributed by atoms with van der Waals surface area (Å²) < 4.78 is 0. The van der Waals surface area contributed by atoms with Gasteiger partial charge >= 0.3 is 0 Å². The van der Waals surface area contributed by atoms with Crippen LogP contribution in [0.5, 0.6) is 0 Å². The molecule has 0 aliphatic carbocycles. The van der Waals surface area contributed by atoms with E-state index in [9.17, 15) is 4.79 Å². The van der Waals surface area contributed by atoms with Crippen LogP contribution in [0.3, 0.4) is 0 Å². The Labute approximate surface area is 164 Å². The Morgan fingerprint density at radius 3 is 2.37 bits per heavy atom. The number of rotatable bonds is 3. The molecule has 2 atom stereocenters. The standard InChI is InChI=1S/C23H21ClN2O/c1-16-15-21(25-19-13-11-18(24)12-14-19)20-9-5-6-10-22(20)26(16)23(27)17-7-3-2-4-8-17/h2-14,16,21,25H,15H2,1H3/t16-,21+/m0/s1. The molecule has 0 radical (unpaired) electrons. The maximum Gasteiger partial charge on any atom is 0.258 e. The molecule has 1 heterocycles. The largest absolute Gasteiger partial charge is 0.378 e. The third kappa shape index (κ3) is 3.56. The van der Waals surface area contributed by atoms with Gasteiger partial charge in [0.25, 0.3) is 5.91 Å². The molecule has 0 unspecified atom stereocenters. The van der Waals surface area contributed by atoms with Crippen molar-refractivity contribution in [2.75, 3.05) is 10.2 Å². The number of para-hydroxylation sites is 1. The Bertz CT molecular complexity index is 940. The number of fused-ring (bicyclic) bond motifs is 1. The van der Waals surface area contributed by atoms with E-state index in [0.717, 1.165) is 28.4 Å². The van der Waals surface area contributed by atoms with Crippen molar-refractivity contribution >= 4 is 28.9 Å². The highest BCUT2D eigenvalue weighted by Crippen LogP contribution is 2.39. The molecular formula is C23H21ClN2O. The summed E-state index contributed by atoms with van der Waals surface area (Å²) in [5.41, 5.74) is 3.84. The fourth-order valence-corrected chi connectivity index (χ4v) is 3.85. The summed E-state index contributed by atoms with van der Waals surface area (Å²) in [4.78, 5) is 15.1. The number of nitrogens with one attached hydrogen (secondary N) is 1. The van der Waals surface area contributed by atoms with Gasteiger partial charge in [-0.05, 0) is 61.4 Å². The maximum atomic E-state index is 13.2. The number of nitrogens with zero attached hydrogens (tertiary/aromatic N) is 1. The zero-order valence-corrected chi connectivity index (χ0v) is 15.9. The molecule has 3 aromatic rings. The van der Waals surface area contributed by atoms with Crippen LogP contribution in [-0.2, 0) is 0 Å². The van der Waals surface area contributed by atoms with Crippen molar-refractivity contribution in [2.24, 2.45) is 0 Å². The SMILES string of the molecule is C[C@H]1C[C@@H](Nc2ccc(Cl)cc2)c2ccccc2N1C(=O)c1ccccc1. The summed E-state index contributed by atoms with van der Waals surface area (Å²) in [5, 5.41) is 4.32. The van der Waals surface area contributed by atoms with Crippen LogP contribution < -0.4 is 10.2 Å². The predicted octanol–water partition coefficient (Wildman–Crippen LogP) is 5.93. The fraction of sp³-hybridized carbons (Fsp3) is 0.174. The van der Waals surface area contributed by atoms with Crippen LogP contribution >= 0.6 is 11.6 Å². The van der Waals surface area contributed by atoms with Gasteiger partial charge in [-0.1, -0.05) is 48.0 Å². The first-order chi connectivity index (χ1) is 13.1. The lowest BCUT2D eigenvalue weighted by molar-refractivity contribution is 0.0974. The molecule has 136 valence electrons. The van der Waals surface area contributed by atoms with Crippen LogP contribution in [0.2, 0.25) is 5.02 Å². The highest BCUT2D eigenvalue weighted by molar-refractivity contribution is 6.30. The van der Waals surface area contributed by atoms with E-state index in [4.69, 9.17) is 11.6 Å². The van der Waals surface area contributed by atoms with E-state index in [2.05, 4.69) is 18.3 Å². The second-order valence-electron chi connectivity index (χ2n) is 6.89. The van der Waals surface area contributed by atoms with Gasteiger partial charge in [0, 0.05) is 28.0 Å². The number of benzene rings is 3. The molecule has 0 saturated heterocycles. The van der Waals surface area contributed by atoms with E-state index in [1.807, 2.05) is 77.7 Å². The Kier molecular flexibility index (Phi) is 4.87. The Hall–Kier alpha value is -2.78. The lowest BCUT2D eigenvalue weighted by Crippen LogP contribution is -2.44. The molecule has 0 bridgehead atoms. The molecule has 0 saturated carbocycles. The van der Waals surface area contributed by atoms with E-state index in [-0.39, 0.29) is 18.0 Å². The van der Waals surface area contributed by atoms with Gasteiger partial charge in [0.1, 0.15) is 0 Å². The van der Waals surface area contributed by atoms with Gasteiger partial charge in [-0.25, -0.2) is 0 Å². The van der Waals surface area contributed by atoms with Gasteiger partial charge in [-0.15, -0.1) is 0 Å². The van der Waals surface area contributed by atoms with Crippen LogP contribution in [-0.4, -0.2) is 11.9 Å². The molecule has 4 rings (SSSR count). The molecule has 1 aliphatic heterocycles. The summed E-state index contributed by atoms with van der Waals surface area (Å²) in [6.07, 6.45) is 0.832. The van der Waals surface area contributed by atoms with Crippen molar-refractivity contribution in [3.63, 3.8) is 0 Å². The maximum absolute atomic E-state index is 13.2. The minimum atomic E-state index is 0.0421. The zero-order valence-electron chi connectivity index (χ0n) is 15.1. The normalized spacial score (nSPS) is 18.7.